The first-order valence-electron chi connectivity index (χ1n) is 6.18. The van der Waals surface area contributed by atoms with Crippen molar-refractivity contribution >= 4 is 16.8 Å². The van der Waals surface area contributed by atoms with Gasteiger partial charge < -0.3 is 4.74 Å². The summed E-state index contributed by atoms with van der Waals surface area (Å²) < 4.78 is 16.8. The molecule has 0 spiro atoms. The van der Waals surface area contributed by atoms with E-state index >= 15 is 0 Å². The van der Waals surface area contributed by atoms with Gasteiger partial charge in [-0.3, -0.25) is 9.00 Å². The van der Waals surface area contributed by atoms with Crippen molar-refractivity contribution in [3.8, 4) is 0 Å². The van der Waals surface area contributed by atoms with Gasteiger partial charge in [0.2, 0.25) is 0 Å². The van der Waals surface area contributed by atoms with Crippen molar-refractivity contribution in [1.82, 2.24) is 0 Å². The predicted octanol–water partition coefficient (Wildman–Crippen LogP) is 2.59. The van der Waals surface area contributed by atoms with Crippen LogP contribution >= 0.6 is 0 Å². The molecule has 0 aliphatic rings. The molecule has 0 aromatic heterocycles. The molecule has 0 radical (unpaired) electrons. The van der Waals surface area contributed by atoms with Crippen molar-refractivity contribution in [2.24, 2.45) is 0 Å². The van der Waals surface area contributed by atoms with Crippen LogP contribution in [0, 0.1) is 6.92 Å². The Kier molecular flexibility index (Phi) is 6.65. The van der Waals surface area contributed by atoms with Crippen LogP contribution in [0.3, 0.4) is 0 Å². The van der Waals surface area contributed by atoms with Gasteiger partial charge in [0.1, 0.15) is 5.75 Å². The highest BCUT2D eigenvalue weighted by Crippen LogP contribution is 2.09. The van der Waals surface area contributed by atoms with Crippen LogP contribution in [0.2, 0.25) is 0 Å². The third-order valence-electron chi connectivity index (χ3n) is 2.62. The summed E-state index contributed by atoms with van der Waals surface area (Å²) in [4.78, 5) is 11.4. The summed E-state index contributed by atoms with van der Waals surface area (Å²) in [5, 5.41) is 0. The summed E-state index contributed by atoms with van der Waals surface area (Å²) in [7, 11) is -1.19. The molecule has 1 aromatic rings. The van der Waals surface area contributed by atoms with E-state index in [1.807, 2.05) is 38.1 Å². The molecule has 0 saturated heterocycles. The van der Waals surface area contributed by atoms with Crippen LogP contribution < -0.4 is 0 Å². The largest absolute Gasteiger partial charge is 0.465 e. The summed E-state index contributed by atoms with van der Waals surface area (Å²) in [6, 6.07) is 7.78. The van der Waals surface area contributed by atoms with Gasteiger partial charge in [-0.1, -0.05) is 37.6 Å². The van der Waals surface area contributed by atoms with Crippen molar-refractivity contribution in [2.75, 3.05) is 12.4 Å². The van der Waals surface area contributed by atoms with E-state index in [4.69, 9.17) is 4.74 Å². The number of esters is 1. The summed E-state index contributed by atoms with van der Waals surface area (Å²) >= 11 is 0. The molecule has 0 aliphatic carbocycles. The number of hydrogen-bond acceptors (Lipinski definition) is 3. The maximum Gasteiger partial charge on any atom is 0.318 e. The molecular formula is C14H20O3S. The number of carbonyl (C=O) groups excluding carboxylic acids is 1. The Morgan fingerprint density at radius 3 is 2.72 bits per heavy atom. The minimum absolute atomic E-state index is 0.0158. The average Bonchev–Trinajstić information content (AvgIpc) is 2.32. The Balaban J connectivity index is 2.38. The molecule has 0 amide bonds. The van der Waals surface area contributed by atoms with Gasteiger partial charge in [0.05, 0.1) is 6.61 Å². The van der Waals surface area contributed by atoms with Crippen LogP contribution in [0.5, 0.6) is 0 Å². The van der Waals surface area contributed by atoms with Gasteiger partial charge in [0.15, 0.2) is 0 Å². The van der Waals surface area contributed by atoms with Crippen molar-refractivity contribution in [3.05, 3.63) is 35.4 Å². The summed E-state index contributed by atoms with van der Waals surface area (Å²) in [6.45, 7) is 4.44. The standard InChI is InChI=1S/C14H20O3S/c1-3-4-9-17-14(15)11-18(16)10-13-8-6-5-7-12(13)2/h5-8H,3-4,9-11H2,1-2H3. The van der Waals surface area contributed by atoms with Crippen LogP contribution in [0.15, 0.2) is 24.3 Å². The zero-order valence-electron chi connectivity index (χ0n) is 11.0. The van der Waals surface area contributed by atoms with Gasteiger partial charge in [-0.05, 0) is 24.5 Å². The second kappa shape index (κ2) is 8.03. The highest BCUT2D eigenvalue weighted by molar-refractivity contribution is 7.84. The van der Waals surface area contributed by atoms with E-state index in [1.165, 1.54) is 0 Å². The minimum atomic E-state index is -1.19. The third kappa shape index (κ3) is 5.45. The Morgan fingerprint density at radius 2 is 2.06 bits per heavy atom. The predicted molar refractivity (Wildman–Crippen MR) is 73.8 cm³/mol. The lowest BCUT2D eigenvalue weighted by Crippen LogP contribution is -2.16. The lowest BCUT2D eigenvalue weighted by molar-refractivity contribution is -0.140. The van der Waals surface area contributed by atoms with Crippen LogP contribution in [-0.2, 0) is 26.1 Å². The van der Waals surface area contributed by atoms with Crippen molar-refractivity contribution < 1.29 is 13.7 Å². The number of aryl methyl sites for hydroxylation is 1. The minimum Gasteiger partial charge on any atom is -0.465 e. The van der Waals surface area contributed by atoms with Crippen LogP contribution in [0.4, 0.5) is 0 Å². The Labute approximate surface area is 111 Å². The normalized spacial score (nSPS) is 12.1. The quantitative estimate of drug-likeness (QED) is 0.564. The molecule has 100 valence electrons. The molecule has 3 nitrogen and oxygen atoms in total. The van der Waals surface area contributed by atoms with Gasteiger partial charge in [-0.25, -0.2) is 0 Å². The average molecular weight is 268 g/mol. The molecule has 18 heavy (non-hydrogen) atoms. The van der Waals surface area contributed by atoms with E-state index in [0.29, 0.717) is 12.4 Å². The van der Waals surface area contributed by atoms with Gasteiger partial charge in [-0.15, -0.1) is 0 Å². The van der Waals surface area contributed by atoms with Crippen molar-refractivity contribution in [2.45, 2.75) is 32.4 Å². The topological polar surface area (TPSA) is 43.4 Å². The molecule has 0 N–H and O–H groups in total. The lowest BCUT2D eigenvalue weighted by atomic mass is 10.1. The lowest BCUT2D eigenvalue weighted by Gasteiger charge is -2.06. The zero-order valence-corrected chi connectivity index (χ0v) is 11.8. The van der Waals surface area contributed by atoms with Gasteiger partial charge in [0.25, 0.3) is 0 Å². The maximum atomic E-state index is 11.8. The zero-order chi connectivity index (χ0) is 13.4. The number of unbranched alkanes of at least 4 members (excludes halogenated alkanes) is 1. The first kappa shape index (κ1) is 14.9. The number of carbonyl (C=O) groups is 1. The fraction of sp³-hybridized carbons (Fsp3) is 0.500. The van der Waals surface area contributed by atoms with Crippen molar-refractivity contribution in [1.29, 1.82) is 0 Å². The fourth-order valence-electron chi connectivity index (χ4n) is 1.50. The molecule has 4 heteroatoms. The number of benzene rings is 1. The van der Waals surface area contributed by atoms with Crippen LogP contribution in [-0.4, -0.2) is 22.5 Å². The maximum absolute atomic E-state index is 11.8. The molecular weight excluding hydrogens is 248 g/mol. The van der Waals surface area contributed by atoms with E-state index in [1.54, 1.807) is 0 Å². The van der Waals surface area contributed by atoms with Gasteiger partial charge >= 0.3 is 5.97 Å². The summed E-state index contributed by atoms with van der Waals surface area (Å²) in [6.07, 6.45) is 1.84. The highest BCUT2D eigenvalue weighted by Gasteiger charge is 2.10. The number of rotatable bonds is 7. The third-order valence-corrected chi connectivity index (χ3v) is 3.81. The summed E-state index contributed by atoms with van der Waals surface area (Å²) in [5.74, 6) is 0.0310. The number of ether oxygens (including phenoxy) is 1. The molecule has 0 heterocycles. The molecule has 1 atom stereocenters. The molecule has 1 unspecified atom stereocenters. The van der Waals surface area contributed by atoms with Crippen LogP contribution in [0.25, 0.3) is 0 Å². The van der Waals surface area contributed by atoms with Gasteiger partial charge in [-0.2, -0.15) is 0 Å². The Hall–Kier alpha value is -1.16. The second-order valence-corrected chi connectivity index (χ2v) is 5.69. The van der Waals surface area contributed by atoms with E-state index in [0.717, 1.165) is 24.0 Å². The molecule has 1 rings (SSSR count). The molecule has 0 fully saturated rings. The van der Waals surface area contributed by atoms with E-state index in [2.05, 4.69) is 0 Å². The van der Waals surface area contributed by atoms with E-state index in [-0.39, 0.29) is 11.7 Å². The molecule has 1 aromatic carbocycles. The fourth-order valence-corrected chi connectivity index (χ4v) is 2.62. The monoisotopic (exact) mass is 268 g/mol. The second-order valence-electron chi connectivity index (χ2n) is 4.23. The molecule has 0 saturated carbocycles. The van der Waals surface area contributed by atoms with E-state index in [9.17, 15) is 9.00 Å². The van der Waals surface area contributed by atoms with Crippen LogP contribution in [0.1, 0.15) is 30.9 Å². The summed E-state index contributed by atoms with van der Waals surface area (Å²) in [5.41, 5.74) is 2.13. The van der Waals surface area contributed by atoms with Crippen molar-refractivity contribution in [3.63, 3.8) is 0 Å². The highest BCUT2D eigenvalue weighted by atomic mass is 32.2. The number of hydrogen-bond donors (Lipinski definition) is 0. The first-order chi connectivity index (χ1) is 8.63. The first-order valence-corrected chi connectivity index (χ1v) is 7.67. The smallest absolute Gasteiger partial charge is 0.318 e. The Morgan fingerprint density at radius 1 is 1.33 bits per heavy atom. The molecule has 0 aliphatic heterocycles. The Bertz CT molecular complexity index is 415. The van der Waals surface area contributed by atoms with E-state index < -0.39 is 10.8 Å². The SMILES string of the molecule is CCCCOC(=O)CS(=O)Cc1ccccc1C. The molecule has 0 bridgehead atoms. The van der Waals surface area contributed by atoms with Gasteiger partial charge in [0, 0.05) is 16.6 Å².